The van der Waals surface area contributed by atoms with Crippen molar-refractivity contribution < 1.29 is 4.74 Å². The Morgan fingerprint density at radius 1 is 1.24 bits per heavy atom. The van der Waals surface area contributed by atoms with E-state index in [4.69, 9.17) is 4.74 Å². The van der Waals surface area contributed by atoms with Gasteiger partial charge in [0.05, 0.1) is 0 Å². The minimum Gasteiger partial charge on any atom is -0.381 e. The van der Waals surface area contributed by atoms with Crippen LogP contribution in [0.3, 0.4) is 0 Å². The summed E-state index contributed by atoms with van der Waals surface area (Å²) in [6.07, 6.45) is 3.45. The number of hydrogen-bond acceptors (Lipinski definition) is 2. The van der Waals surface area contributed by atoms with Gasteiger partial charge in [-0.15, -0.1) is 0 Å². The second-order valence-corrected chi connectivity index (χ2v) is 4.81. The van der Waals surface area contributed by atoms with Crippen LogP contribution in [-0.4, -0.2) is 20.3 Å². The quantitative estimate of drug-likeness (QED) is 0.863. The van der Waals surface area contributed by atoms with E-state index in [0.717, 1.165) is 19.6 Å². The van der Waals surface area contributed by atoms with Gasteiger partial charge in [-0.1, -0.05) is 31.2 Å². The van der Waals surface area contributed by atoms with E-state index in [2.05, 4.69) is 43.6 Å². The summed E-state index contributed by atoms with van der Waals surface area (Å²) in [5, 5.41) is 3.47. The third-order valence-corrected chi connectivity index (χ3v) is 3.80. The summed E-state index contributed by atoms with van der Waals surface area (Å²) in [5.41, 5.74) is 2.83. The molecule has 17 heavy (non-hydrogen) atoms. The number of ether oxygens (including phenoxy) is 1. The Hall–Kier alpha value is -0.860. The molecule has 94 valence electrons. The number of benzene rings is 1. The zero-order chi connectivity index (χ0) is 12.1. The first-order valence-corrected chi connectivity index (χ1v) is 6.69. The third kappa shape index (κ3) is 3.08. The van der Waals surface area contributed by atoms with Crippen LogP contribution in [0.2, 0.25) is 0 Å². The second kappa shape index (κ2) is 6.18. The first-order chi connectivity index (χ1) is 8.35. The van der Waals surface area contributed by atoms with Crippen LogP contribution < -0.4 is 5.32 Å². The summed E-state index contributed by atoms with van der Waals surface area (Å²) in [5.74, 6) is 0.709. The van der Waals surface area contributed by atoms with Crippen molar-refractivity contribution in [2.45, 2.75) is 32.2 Å². The van der Waals surface area contributed by atoms with Crippen LogP contribution in [0.5, 0.6) is 0 Å². The molecule has 0 aliphatic carbocycles. The summed E-state index contributed by atoms with van der Waals surface area (Å²) >= 11 is 0. The standard InChI is InChI=1S/C15H23NO/c1-3-12-4-6-13(7-5-12)15(16-2)14-8-10-17-11-9-14/h4-7,14-16H,3,8-11H2,1-2H3. The van der Waals surface area contributed by atoms with Crippen LogP contribution in [-0.2, 0) is 11.2 Å². The van der Waals surface area contributed by atoms with Crippen LogP contribution in [0.1, 0.15) is 36.9 Å². The molecule has 0 bridgehead atoms. The Morgan fingerprint density at radius 2 is 1.88 bits per heavy atom. The number of nitrogens with one attached hydrogen (secondary N) is 1. The van der Waals surface area contributed by atoms with Crippen molar-refractivity contribution in [3.05, 3.63) is 35.4 Å². The third-order valence-electron chi connectivity index (χ3n) is 3.80. The topological polar surface area (TPSA) is 21.3 Å². The van der Waals surface area contributed by atoms with Crippen LogP contribution in [0.15, 0.2) is 24.3 Å². The van der Waals surface area contributed by atoms with Gasteiger partial charge in [0, 0.05) is 19.3 Å². The van der Waals surface area contributed by atoms with Gasteiger partial charge in [-0.25, -0.2) is 0 Å². The number of aryl methyl sites for hydroxylation is 1. The Bertz CT molecular complexity index is 327. The monoisotopic (exact) mass is 233 g/mol. The lowest BCUT2D eigenvalue weighted by atomic mass is 9.87. The summed E-state index contributed by atoms with van der Waals surface area (Å²) in [4.78, 5) is 0. The minimum atomic E-state index is 0.477. The van der Waals surface area contributed by atoms with Gasteiger partial charge in [-0.2, -0.15) is 0 Å². The van der Waals surface area contributed by atoms with Gasteiger partial charge in [0.2, 0.25) is 0 Å². The van der Waals surface area contributed by atoms with E-state index in [-0.39, 0.29) is 0 Å². The smallest absolute Gasteiger partial charge is 0.0469 e. The summed E-state index contributed by atoms with van der Waals surface area (Å²) in [7, 11) is 2.06. The molecule has 0 amide bonds. The van der Waals surface area contributed by atoms with E-state index in [0.29, 0.717) is 12.0 Å². The average molecular weight is 233 g/mol. The molecule has 1 heterocycles. The molecule has 1 aliphatic rings. The molecule has 0 radical (unpaired) electrons. The van der Waals surface area contributed by atoms with Crippen LogP contribution in [0.25, 0.3) is 0 Å². The van der Waals surface area contributed by atoms with Gasteiger partial charge in [-0.3, -0.25) is 0 Å². The zero-order valence-corrected chi connectivity index (χ0v) is 10.9. The highest BCUT2D eigenvalue weighted by Crippen LogP contribution is 2.29. The van der Waals surface area contributed by atoms with E-state index < -0.39 is 0 Å². The fourth-order valence-corrected chi connectivity index (χ4v) is 2.68. The zero-order valence-electron chi connectivity index (χ0n) is 10.9. The Balaban J connectivity index is 2.10. The molecule has 1 atom stereocenters. The molecular formula is C15H23NO. The molecule has 1 unspecified atom stereocenters. The lowest BCUT2D eigenvalue weighted by molar-refractivity contribution is 0.0546. The van der Waals surface area contributed by atoms with Gasteiger partial charge < -0.3 is 10.1 Å². The minimum absolute atomic E-state index is 0.477. The SMILES string of the molecule is CCc1ccc(C(NC)C2CCOCC2)cc1. The molecule has 0 saturated carbocycles. The molecule has 1 aliphatic heterocycles. The van der Waals surface area contributed by atoms with E-state index in [1.54, 1.807) is 0 Å². The maximum absolute atomic E-state index is 5.44. The van der Waals surface area contributed by atoms with Crippen molar-refractivity contribution in [3.8, 4) is 0 Å². The molecule has 1 fully saturated rings. The molecule has 2 rings (SSSR count). The number of hydrogen-bond donors (Lipinski definition) is 1. The van der Waals surface area contributed by atoms with Gasteiger partial charge in [0.15, 0.2) is 0 Å². The molecule has 0 aromatic heterocycles. The molecule has 2 heteroatoms. The summed E-state index contributed by atoms with van der Waals surface area (Å²) < 4.78 is 5.44. The molecule has 2 nitrogen and oxygen atoms in total. The lowest BCUT2D eigenvalue weighted by Gasteiger charge is -2.30. The van der Waals surface area contributed by atoms with Crippen molar-refractivity contribution in [2.24, 2.45) is 5.92 Å². The Labute approximate surface area is 104 Å². The number of rotatable bonds is 4. The van der Waals surface area contributed by atoms with E-state index in [1.807, 2.05) is 0 Å². The predicted octanol–water partition coefficient (Wildman–Crippen LogP) is 2.94. The molecular weight excluding hydrogens is 210 g/mol. The van der Waals surface area contributed by atoms with E-state index in [1.165, 1.54) is 24.0 Å². The average Bonchev–Trinajstić information content (AvgIpc) is 2.42. The maximum Gasteiger partial charge on any atom is 0.0469 e. The van der Waals surface area contributed by atoms with Gasteiger partial charge >= 0.3 is 0 Å². The van der Waals surface area contributed by atoms with Crippen molar-refractivity contribution >= 4 is 0 Å². The molecule has 1 aromatic rings. The maximum atomic E-state index is 5.44. The summed E-state index contributed by atoms with van der Waals surface area (Å²) in [6, 6.07) is 9.52. The van der Waals surface area contributed by atoms with Crippen molar-refractivity contribution in [1.82, 2.24) is 5.32 Å². The Morgan fingerprint density at radius 3 is 2.41 bits per heavy atom. The molecule has 1 N–H and O–H groups in total. The Kier molecular flexibility index (Phi) is 4.57. The van der Waals surface area contributed by atoms with E-state index >= 15 is 0 Å². The molecule has 0 spiro atoms. The van der Waals surface area contributed by atoms with Crippen molar-refractivity contribution in [1.29, 1.82) is 0 Å². The van der Waals surface area contributed by atoms with Gasteiger partial charge in [0.1, 0.15) is 0 Å². The largest absolute Gasteiger partial charge is 0.381 e. The van der Waals surface area contributed by atoms with Crippen LogP contribution in [0, 0.1) is 5.92 Å². The second-order valence-electron chi connectivity index (χ2n) is 4.81. The van der Waals surface area contributed by atoms with Crippen molar-refractivity contribution in [3.63, 3.8) is 0 Å². The van der Waals surface area contributed by atoms with E-state index in [9.17, 15) is 0 Å². The van der Waals surface area contributed by atoms with Gasteiger partial charge in [0.25, 0.3) is 0 Å². The lowest BCUT2D eigenvalue weighted by Crippen LogP contribution is -2.29. The first-order valence-electron chi connectivity index (χ1n) is 6.69. The predicted molar refractivity (Wildman–Crippen MR) is 71.2 cm³/mol. The fraction of sp³-hybridized carbons (Fsp3) is 0.600. The summed E-state index contributed by atoms with van der Waals surface area (Å²) in [6.45, 7) is 4.02. The highest BCUT2D eigenvalue weighted by molar-refractivity contribution is 5.25. The highest BCUT2D eigenvalue weighted by atomic mass is 16.5. The van der Waals surface area contributed by atoms with Crippen molar-refractivity contribution in [2.75, 3.05) is 20.3 Å². The van der Waals surface area contributed by atoms with Crippen LogP contribution in [0.4, 0.5) is 0 Å². The molecule has 1 saturated heterocycles. The normalized spacial score (nSPS) is 19.2. The fourth-order valence-electron chi connectivity index (χ4n) is 2.68. The van der Waals surface area contributed by atoms with Crippen LogP contribution >= 0.6 is 0 Å². The molecule has 1 aromatic carbocycles. The van der Waals surface area contributed by atoms with Gasteiger partial charge in [-0.05, 0) is 43.4 Å². The highest BCUT2D eigenvalue weighted by Gasteiger charge is 2.23. The first kappa shape index (κ1) is 12.6.